The van der Waals surface area contributed by atoms with Gasteiger partial charge >= 0.3 is 6.09 Å². The highest BCUT2D eigenvalue weighted by atomic mass is 32.2. The van der Waals surface area contributed by atoms with Crippen molar-refractivity contribution in [3.63, 3.8) is 0 Å². The Morgan fingerprint density at radius 3 is 2.29 bits per heavy atom. The van der Waals surface area contributed by atoms with Crippen LogP contribution < -0.4 is 4.72 Å². The zero-order valence-corrected chi connectivity index (χ0v) is 29.5. The molecule has 254 valence electrons. The van der Waals surface area contributed by atoms with Crippen molar-refractivity contribution in [1.29, 1.82) is 0 Å². The van der Waals surface area contributed by atoms with Crippen LogP contribution in [0.2, 0.25) is 0 Å². The second kappa shape index (κ2) is 12.8. The summed E-state index contributed by atoms with van der Waals surface area (Å²) >= 11 is 0. The van der Waals surface area contributed by atoms with Crippen molar-refractivity contribution in [3.05, 3.63) is 29.8 Å². The molecule has 0 bridgehead atoms. The first-order chi connectivity index (χ1) is 21.0. The van der Waals surface area contributed by atoms with E-state index in [4.69, 9.17) is 4.74 Å². The summed E-state index contributed by atoms with van der Waals surface area (Å²) in [6.07, 6.45) is 8.60. The number of carbonyl (C=O) groups is 1. The number of nitrogens with one attached hydrogen (secondary N) is 1. The molecule has 4 fully saturated rings. The fraction of sp³-hybridized carbons (Fsp3) is 0.811. The summed E-state index contributed by atoms with van der Waals surface area (Å²) in [7, 11) is -4.00. The molecule has 11 atom stereocenters. The SMILES string of the molecule is CC[C@@H]1C2C[C@H](O)CC[C@]2(C)C2CC[C@@]3(C)C(CC[C@@H]3[C@H](C)CCCOC(=O)NS(=O)(=O)c3ccc(C(C)(C)C)cc3)[C@@H]2[C@@H]1O. The molecule has 7 nitrogen and oxygen atoms in total. The van der Waals surface area contributed by atoms with Crippen molar-refractivity contribution in [3.8, 4) is 0 Å². The molecule has 1 aromatic carbocycles. The van der Waals surface area contributed by atoms with E-state index in [2.05, 4.69) is 53.2 Å². The van der Waals surface area contributed by atoms with Gasteiger partial charge in [0.15, 0.2) is 0 Å². The Kier molecular flexibility index (Phi) is 9.84. The number of hydrogen-bond donors (Lipinski definition) is 3. The van der Waals surface area contributed by atoms with Crippen LogP contribution in [0.4, 0.5) is 4.79 Å². The molecule has 3 N–H and O–H groups in total. The minimum Gasteiger partial charge on any atom is -0.449 e. The van der Waals surface area contributed by atoms with Crippen molar-refractivity contribution in [1.82, 2.24) is 4.72 Å². The lowest BCUT2D eigenvalue weighted by molar-refractivity contribution is -0.203. The molecule has 4 saturated carbocycles. The number of rotatable bonds is 8. The number of fused-ring (bicyclic) bond motifs is 5. The lowest BCUT2D eigenvalue weighted by atomic mass is 9.41. The number of hydrogen-bond acceptors (Lipinski definition) is 6. The zero-order chi connectivity index (χ0) is 32.9. The predicted molar refractivity (Wildman–Crippen MR) is 177 cm³/mol. The summed E-state index contributed by atoms with van der Waals surface area (Å²) in [5.41, 5.74) is 1.31. The standard InChI is InChI=1S/C37H59NO6S/c1-8-27-31-22-25(39)17-19-37(31,7)30-18-20-36(6)28(15-16-29(36)32(30)33(27)40)23(2)10-9-21-44-34(41)38-45(42,43)26-13-11-24(12-14-26)35(3,4)5/h11-14,23,25,27-33,39-40H,8-10,15-22H2,1-7H3,(H,38,41)/t23-,25-,27-,28-,29?,30?,31?,32+,33-,36-,37-/m1/s1. The first-order valence-corrected chi connectivity index (χ1v) is 19.2. The van der Waals surface area contributed by atoms with Gasteiger partial charge in [-0.3, -0.25) is 0 Å². The Morgan fingerprint density at radius 1 is 1.00 bits per heavy atom. The van der Waals surface area contributed by atoms with E-state index in [1.165, 1.54) is 25.0 Å². The smallest absolute Gasteiger partial charge is 0.421 e. The van der Waals surface area contributed by atoms with Crippen LogP contribution in [-0.4, -0.2) is 43.5 Å². The van der Waals surface area contributed by atoms with E-state index in [-0.39, 0.29) is 45.9 Å². The van der Waals surface area contributed by atoms with Crippen molar-refractivity contribution in [2.45, 2.75) is 135 Å². The van der Waals surface area contributed by atoms with Gasteiger partial charge in [-0.05, 0) is 133 Å². The average Bonchev–Trinajstić information content (AvgIpc) is 3.33. The third kappa shape index (κ3) is 6.46. The minimum atomic E-state index is -4.00. The number of aliphatic hydroxyl groups excluding tert-OH is 2. The first kappa shape index (κ1) is 34.7. The maximum atomic E-state index is 12.7. The zero-order valence-electron chi connectivity index (χ0n) is 28.7. The second-order valence-corrected chi connectivity index (χ2v) is 18.4. The second-order valence-electron chi connectivity index (χ2n) is 16.8. The lowest BCUT2D eigenvalue weighted by Gasteiger charge is -2.64. The number of amides is 1. The largest absolute Gasteiger partial charge is 0.449 e. The topological polar surface area (TPSA) is 113 Å². The van der Waals surface area contributed by atoms with E-state index in [1.54, 1.807) is 12.1 Å². The Balaban J connectivity index is 1.15. The third-order valence-corrected chi connectivity index (χ3v) is 14.8. The maximum absolute atomic E-state index is 12.7. The number of aliphatic hydroxyl groups is 2. The van der Waals surface area contributed by atoms with Gasteiger partial charge in [0.2, 0.25) is 0 Å². The Morgan fingerprint density at radius 2 is 1.64 bits per heavy atom. The molecule has 3 unspecified atom stereocenters. The summed E-state index contributed by atoms with van der Waals surface area (Å²) in [5.74, 6) is 3.05. The Hall–Kier alpha value is -1.64. The first-order valence-electron chi connectivity index (χ1n) is 17.7. The highest BCUT2D eigenvalue weighted by Gasteiger charge is 2.64. The van der Waals surface area contributed by atoms with Gasteiger partial charge in [-0.25, -0.2) is 17.9 Å². The van der Waals surface area contributed by atoms with Gasteiger partial charge in [-0.2, -0.15) is 0 Å². The maximum Gasteiger partial charge on any atom is 0.421 e. The highest BCUT2D eigenvalue weighted by molar-refractivity contribution is 7.90. The summed E-state index contributed by atoms with van der Waals surface area (Å²) in [4.78, 5) is 12.4. The van der Waals surface area contributed by atoms with Gasteiger partial charge in [0.1, 0.15) is 0 Å². The molecule has 45 heavy (non-hydrogen) atoms. The lowest BCUT2D eigenvalue weighted by Crippen LogP contribution is -2.62. The van der Waals surface area contributed by atoms with Crippen LogP contribution in [-0.2, 0) is 20.2 Å². The Labute approximate surface area is 272 Å². The third-order valence-electron chi connectivity index (χ3n) is 13.4. The van der Waals surface area contributed by atoms with E-state index in [0.29, 0.717) is 41.9 Å². The molecule has 5 rings (SSSR count). The van der Waals surface area contributed by atoms with Gasteiger partial charge in [-0.1, -0.05) is 67.0 Å². The molecule has 0 saturated heterocycles. The van der Waals surface area contributed by atoms with E-state index >= 15 is 0 Å². The van der Waals surface area contributed by atoms with Gasteiger partial charge in [-0.15, -0.1) is 0 Å². The van der Waals surface area contributed by atoms with Crippen molar-refractivity contribution in [2.75, 3.05) is 6.61 Å². The molecule has 0 aromatic heterocycles. The molecular weight excluding hydrogens is 586 g/mol. The van der Waals surface area contributed by atoms with E-state index in [0.717, 1.165) is 50.5 Å². The molecule has 1 aromatic rings. The van der Waals surface area contributed by atoms with E-state index < -0.39 is 16.1 Å². The fourth-order valence-corrected chi connectivity index (χ4v) is 11.9. The summed E-state index contributed by atoms with van der Waals surface area (Å²) in [6, 6.07) is 6.59. The number of sulfonamides is 1. The number of carbonyl (C=O) groups excluding carboxylic acids is 1. The van der Waals surface area contributed by atoms with Gasteiger partial charge < -0.3 is 14.9 Å². The average molecular weight is 646 g/mol. The monoisotopic (exact) mass is 645 g/mol. The highest BCUT2D eigenvalue weighted by Crippen LogP contribution is 2.69. The predicted octanol–water partition coefficient (Wildman–Crippen LogP) is 7.44. The van der Waals surface area contributed by atoms with E-state index in [1.807, 2.05) is 0 Å². The number of benzene rings is 1. The van der Waals surface area contributed by atoms with Gasteiger partial charge in [0.25, 0.3) is 10.0 Å². The van der Waals surface area contributed by atoms with Crippen LogP contribution in [0.15, 0.2) is 29.2 Å². The van der Waals surface area contributed by atoms with E-state index in [9.17, 15) is 23.4 Å². The molecule has 4 aliphatic carbocycles. The summed E-state index contributed by atoms with van der Waals surface area (Å²) in [5, 5.41) is 22.5. The molecule has 0 spiro atoms. The summed E-state index contributed by atoms with van der Waals surface area (Å²) < 4.78 is 32.8. The molecule has 0 radical (unpaired) electrons. The van der Waals surface area contributed by atoms with Crippen LogP contribution >= 0.6 is 0 Å². The molecule has 8 heteroatoms. The normalized spacial score (nSPS) is 38.9. The molecule has 0 aliphatic heterocycles. The molecule has 1 amide bonds. The Bertz CT molecular complexity index is 1310. The van der Waals surface area contributed by atoms with Gasteiger partial charge in [0.05, 0.1) is 23.7 Å². The number of ether oxygens (including phenoxy) is 1. The van der Waals surface area contributed by atoms with Crippen molar-refractivity contribution in [2.24, 2.45) is 52.3 Å². The van der Waals surface area contributed by atoms with Crippen LogP contribution in [0, 0.1) is 52.3 Å². The van der Waals surface area contributed by atoms with Crippen LogP contribution in [0.3, 0.4) is 0 Å². The van der Waals surface area contributed by atoms with Crippen LogP contribution in [0.5, 0.6) is 0 Å². The summed E-state index contributed by atoms with van der Waals surface area (Å²) in [6.45, 7) is 15.9. The van der Waals surface area contributed by atoms with Crippen molar-refractivity contribution < 1.29 is 28.2 Å². The molecular formula is C37H59NO6S. The fourth-order valence-electron chi connectivity index (χ4n) is 11.0. The minimum absolute atomic E-state index is 0.0405. The molecule has 4 aliphatic rings. The molecule has 0 heterocycles. The van der Waals surface area contributed by atoms with Crippen LogP contribution in [0.25, 0.3) is 0 Å². The van der Waals surface area contributed by atoms with Crippen LogP contribution in [0.1, 0.15) is 118 Å². The van der Waals surface area contributed by atoms with Crippen molar-refractivity contribution >= 4 is 16.1 Å². The quantitative estimate of drug-likeness (QED) is 0.253. The van der Waals surface area contributed by atoms with Gasteiger partial charge in [0, 0.05) is 0 Å².